The molecule has 0 unspecified atom stereocenters. The third-order valence-electron chi connectivity index (χ3n) is 1.69. The number of halogens is 4. The van der Waals surface area contributed by atoms with Gasteiger partial charge in [0.15, 0.2) is 6.61 Å². The van der Waals surface area contributed by atoms with E-state index < -0.39 is 12.8 Å². The van der Waals surface area contributed by atoms with Crippen LogP contribution in [-0.4, -0.2) is 12.8 Å². The van der Waals surface area contributed by atoms with Crippen molar-refractivity contribution in [2.75, 3.05) is 12.3 Å². The molecular weight excluding hydrogens is 231 g/mol. The highest BCUT2D eigenvalue weighted by atomic mass is 35.5. The number of alkyl halides is 3. The van der Waals surface area contributed by atoms with Gasteiger partial charge in [-0.15, -0.1) is 0 Å². The molecule has 0 fully saturated rings. The number of benzene rings is 1. The molecule has 1 rings (SSSR count). The van der Waals surface area contributed by atoms with Crippen LogP contribution in [0, 0.1) is 6.92 Å². The summed E-state index contributed by atoms with van der Waals surface area (Å²) >= 11 is 5.65. The molecule has 0 radical (unpaired) electrons. The first-order valence-electron chi connectivity index (χ1n) is 4.05. The number of hydrogen-bond acceptors (Lipinski definition) is 2. The average Bonchev–Trinajstić information content (AvgIpc) is 2.07. The van der Waals surface area contributed by atoms with E-state index in [-0.39, 0.29) is 10.8 Å². The van der Waals surface area contributed by atoms with Crippen molar-refractivity contribution in [1.82, 2.24) is 0 Å². The topological polar surface area (TPSA) is 35.2 Å². The summed E-state index contributed by atoms with van der Waals surface area (Å²) < 4.78 is 40.2. The molecule has 15 heavy (non-hydrogen) atoms. The fourth-order valence-corrected chi connectivity index (χ4v) is 1.15. The quantitative estimate of drug-likeness (QED) is 0.805. The van der Waals surface area contributed by atoms with E-state index in [0.717, 1.165) is 0 Å². The van der Waals surface area contributed by atoms with Crippen molar-refractivity contribution in [3.05, 3.63) is 22.7 Å². The van der Waals surface area contributed by atoms with E-state index in [4.69, 9.17) is 17.3 Å². The maximum absolute atomic E-state index is 11.9. The van der Waals surface area contributed by atoms with Gasteiger partial charge >= 0.3 is 6.18 Å². The first-order chi connectivity index (χ1) is 6.79. The van der Waals surface area contributed by atoms with Crippen molar-refractivity contribution < 1.29 is 17.9 Å². The Morgan fingerprint density at radius 3 is 2.53 bits per heavy atom. The summed E-state index contributed by atoms with van der Waals surface area (Å²) in [4.78, 5) is 0. The number of aryl methyl sites for hydroxylation is 1. The molecule has 0 atom stereocenters. The van der Waals surface area contributed by atoms with Crippen LogP contribution in [0.1, 0.15) is 5.56 Å². The van der Waals surface area contributed by atoms with E-state index >= 15 is 0 Å². The molecule has 6 heteroatoms. The summed E-state index contributed by atoms with van der Waals surface area (Å²) in [6, 6.07) is 2.74. The lowest BCUT2D eigenvalue weighted by Gasteiger charge is -2.12. The molecule has 0 bridgehead atoms. The minimum absolute atomic E-state index is 0.0894. The molecule has 1 aromatic rings. The highest BCUT2D eigenvalue weighted by Gasteiger charge is 2.28. The van der Waals surface area contributed by atoms with Gasteiger partial charge in [0.2, 0.25) is 0 Å². The third-order valence-corrected chi connectivity index (χ3v) is 2.01. The van der Waals surface area contributed by atoms with Crippen molar-refractivity contribution in [3.8, 4) is 5.75 Å². The Kier molecular flexibility index (Phi) is 3.34. The van der Waals surface area contributed by atoms with Gasteiger partial charge in [-0.3, -0.25) is 0 Å². The van der Waals surface area contributed by atoms with Crippen LogP contribution in [0.5, 0.6) is 5.75 Å². The summed E-state index contributed by atoms with van der Waals surface area (Å²) in [7, 11) is 0. The number of nitrogens with two attached hydrogens (primary N) is 1. The van der Waals surface area contributed by atoms with Gasteiger partial charge in [-0.1, -0.05) is 11.6 Å². The zero-order chi connectivity index (χ0) is 11.6. The van der Waals surface area contributed by atoms with Gasteiger partial charge in [-0.25, -0.2) is 0 Å². The number of anilines is 1. The van der Waals surface area contributed by atoms with Crippen LogP contribution in [0.3, 0.4) is 0 Å². The zero-order valence-electron chi connectivity index (χ0n) is 7.86. The van der Waals surface area contributed by atoms with Crippen LogP contribution < -0.4 is 10.5 Å². The van der Waals surface area contributed by atoms with Crippen molar-refractivity contribution >= 4 is 17.3 Å². The molecular formula is C9H9ClF3NO. The van der Waals surface area contributed by atoms with Gasteiger partial charge in [-0.2, -0.15) is 13.2 Å². The first kappa shape index (κ1) is 12.0. The fraction of sp³-hybridized carbons (Fsp3) is 0.333. The Bertz CT molecular complexity index is 365. The number of rotatable bonds is 2. The Balaban J connectivity index is 2.82. The number of nitrogen functional groups attached to an aromatic ring is 1. The first-order valence-corrected chi connectivity index (χ1v) is 4.42. The predicted octanol–water partition coefficient (Wildman–Crippen LogP) is 3.17. The molecule has 0 saturated carbocycles. The van der Waals surface area contributed by atoms with Crippen molar-refractivity contribution in [2.45, 2.75) is 13.1 Å². The van der Waals surface area contributed by atoms with Gasteiger partial charge in [-0.05, 0) is 18.6 Å². The van der Waals surface area contributed by atoms with Crippen molar-refractivity contribution in [3.63, 3.8) is 0 Å². The van der Waals surface area contributed by atoms with Gasteiger partial charge in [0.1, 0.15) is 5.75 Å². The van der Waals surface area contributed by atoms with E-state index in [2.05, 4.69) is 4.74 Å². The Morgan fingerprint density at radius 1 is 1.40 bits per heavy atom. The normalized spacial score (nSPS) is 11.5. The lowest BCUT2D eigenvalue weighted by Crippen LogP contribution is -2.19. The predicted molar refractivity (Wildman–Crippen MR) is 52.2 cm³/mol. The molecule has 0 amide bonds. The minimum Gasteiger partial charge on any atom is -0.484 e. The maximum atomic E-state index is 11.9. The molecule has 0 aliphatic rings. The monoisotopic (exact) mass is 239 g/mol. The summed E-state index contributed by atoms with van der Waals surface area (Å²) in [6.45, 7) is 0.256. The second kappa shape index (κ2) is 4.18. The largest absolute Gasteiger partial charge is 0.484 e. The molecule has 1 aromatic carbocycles. The van der Waals surface area contributed by atoms with Crippen molar-refractivity contribution in [1.29, 1.82) is 0 Å². The van der Waals surface area contributed by atoms with Crippen molar-refractivity contribution in [2.24, 2.45) is 0 Å². The average molecular weight is 240 g/mol. The summed E-state index contributed by atoms with van der Waals surface area (Å²) in [6.07, 6.45) is -4.36. The lowest BCUT2D eigenvalue weighted by atomic mass is 10.2. The summed E-state index contributed by atoms with van der Waals surface area (Å²) in [5, 5.41) is 0.178. The zero-order valence-corrected chi connectivity index (χ0v) is 8.62. The highest BCUT2D eigenvalue weighted by Crippen LogP contribution is 2.29. The van der Waals surface area contributed by atoms with E-state index in [9.17, 15) is 13.2 Å². The number of hydrogen-bond donors (Lipinski definition) is 1. The van der Waals surface area contributed by atoms with Crippen LogP contribution in [0.25, 0.3) is 0 Å². The molecule has 2 N–H and O–H groups in total. The third kappa shape index (κ3) is 3.51. The maximum Gasteiger partial charge on any atom is 0.422 e. The second-order valence-corrected chi connectivity index (χ2v) is 3.45. The molecule has 0 saturated heterocycles. The summed E-state index contributed by atoms with van der Waals surface area (Å²) in [5.41, 5.74) is 6.29. The van der Waals surface area contributed by atoms with E-state index in [0.29, 0.717) is 11.3 Å². The van der Waals surface area contributed by atoms with Crippen LogP contribution in [0.15, 0.2) is 12.1 Å². The minimum atomic E-state index is -4.36. The summed E-state index contributed by atoms with van der Waals surface area (Å²) in [5.74, 6) is 0.0894. The van der Waals surface area contributed by atoms with Gasteiger partial charge in [0.05, 0.1) is 10.7 Å². The van der Waals surface area contributed by atoms with Gasteiger partial charge in [0.25, 0.3) is 0 Å². The molecule has 0 aliphatic carbocycles. The van der Waals surface area contributed by atoms with Crippen LogP contribution >= 0.6 is 11.6 Å². The Morgan fingerprint density at radius 2 is 2.00 bits per heavy atom. The highest BCUT2D eigenvalue weighted by molar-refractivity contribution is 6.33. The number of ether oxygens (including phenoxy) is 1. The van der Waals surface area contributed by atoms with E-state index in [1.807, 2.05) is 0 Å². The molecule has 0 heterocycles. The van der Waals surface area contributed by atoms with Gasteiger partial charge in [0, 0.05) is 6.07 Å². The molecule has 2 nitrogen and oxygen atoms in total. The van der Waals surface area contributed by atoms with E-state index in [1.165, 1.54) is 12.1 Å². The molecule has 84 valence electrons. The van der Waals surface area contributed by atoms with Crippen LogP contribution in [0.4, 0.5) is 18.9 Å². The smallest absolute Gasteiger partial charge is 0.422 e. The molecule has 0 aromatic heterocycles. The Hall–Kier alpha value is -1.10. The fourth-order valence-electron chi connectivity index (χ4n) is 1.00. The standard InChI is InChI=1S/C9H9ClF3NO/c1-5-2-7(14)6(10)3-8(5)15-4-9(11,12)13/h2-3H,4,14H2,1H3. The molecule has 0 aliphatic heterocycles. The Labute approximate surface area is 89.8 Å². The SMILES string of the molecule is Cc1cc(N)c(Cl)cc1OCC(F)(F)F. The van der Waals surface area contributed by atoms with E-state index in [1.54, 1.807) is 6.92 Å². The second-order valence-electron chi connectivity index (χ2n) is 3.04. The molecule has 0 spiro atoms. The van der Waals surface area contributed by atoms with Crippen LogP contribution in [0.2, 0.25) is 5.02 Å². The van der Waals surface area contributed by atoms with Crippen LogP contribution in [-0.2, 0) is 0 Å². The lowest BCUT2D eigenvalue weighted by molar-refractivity contribution is -0.153. The van der Waals surface area contributed by atoms with Gasteiger partial charge < -0.3 is 10.5 Å².